The monoisotopic (exact) mass is 515 g/mol. The zero-order valence-corrected chi connectivity index (χ0v) is 21.1. The first-order valence-electron chi connectivity index (χ1n) is 12.1. The van der Waals surface area contributed by atoms with Crippen LogP contribution >= 0.6 is 12.4 Å². The summed E-state index contributed by atoms with van der Waals surface area (Å²) in [5.74, 6) is 2.33. The van der Waals surface area contributed by atoms with Crippen molar-refractivity contribution in [3.05, 3.63) is 71.9 Å². The summed E-state index contributed by atoms with van der Waals surface area (Å²) in [6.45, 7) is 5.46. The minimum absolute atomic E-state index is 0. The fraction of sp³-hybridized carbons (Fsp3) is 0.269. The summed E-state index contributed by atoms with van der Waals surface area (Å²) in [5.41, 5.74) is 6.95. The summed E-state index contributed by atoms with van der Waals surface area (Å²) in [6, 6.07) is 12.8. The van der Waals surface area contributed by atoms with Gasteiger partial charge in [0.05, 0.1) is 11.6 Å². The lowest BCUT2D eigenvalue weighted by molar-refractivity contribution is 0.271. The molecule has 7 rings (SSSR count). The van der Waals surface area contributed by atoms with Crippen LogP contribution in [0.15, 0.2) is 55.2 Å². The number of fused-ring (bicyclic) bond motifs is 6. The Morgan fingerprint density at radius 2 is 2.05 bits per heavy atom. The number of anilines is 3. The van der Waals surface area contributed by atoms with Crippen molar-refractivity contribution in [1.82, 2.24) is 34.9 Å². The van der Waals surface area contributed by atoms with Crippen LogP contribution < -0.4 is 20.3 Å². The summed E-state index contributed by atoms with van der Waals surface area (Å²) in [7, 11) is 0. The highest BCUT2D eigenvalue weighted by molar-refractivity contribution is 5.90. The van der Waals surface area contributed by atoms with E-state index in [-0.39, 0.29) is 12.4 Å². The van der Waals surface area contributed by atoms with Crippen LogP contribution in [0.2, 0.25) is 0 Å². The molecule has 1 atom stereocenters. The molecule has 1 fully saturated rings. The molecule has 188 valence electrons. The maximum atomic E-state index is 6.07. The summed E-state index contributed by atoms with van der Waals surface area (Å²) in [6.07, 6.45) is 5.91. The van der Waals surface area contributed by atoms with E-state index in [0.717, 1.165) is 60.0 Å². The molecule has 0 saturated carbocycles. The van der Waals surface area contributed by atoms with Crippen molar-refractivity contribution in [2.75, 3.05) is 36.5 Å². The molecule has 0 spiro atoms. The van der Waals surface area contributed by atoms with Gasteiger partial charge in [-0.2, -0.15) is 5.10 Å². The van der Waals surface area contributed by atoms with Gasteiger partial charge in [-0.3, -0.25) is 0 Å². The highest BCUT2D eigenvalue weighted by Crippen LogP contribution is 2.34. The van der Waals surface area contributed by atoms with Crippen molar-refractivity contribution in [3.8, 4) is 5.75 Å². The van der Waals surface area contributed by atoms with E-state index in [1.54, 1.807) is 17.2 Å². The molecule has 0 unspecified atom stereocenters. The van der Waals surface area contributed by atoms with Gasteiger partial charge in [-0.1, -0.05) is 6.07 Å². The quantitative estimate of drug-likeness (QED) is 0.373. The molecule has 10 nitrogen and oxygen atoms in total. The van der Waals surface area contributed by atoms with Crippen LogP contribution in [0.1, 0.15) is 16.7 Å². The van der Waals surface area contributed by atoms with Gasteiger partial charge in [-0.15, -0.1) is 12.4 Å². The molecule has 2 aliphatic rings. The van der Waals surface area contributed by atoms with Crippen LogP contribution in [0.5, 0.6) is 5.75 Å². The zero-order valence-electron chi connectivity index (χ0n) is 20.3. The molecule has 5 aromatic rings. The predicted octanol–water partition coefficient (Wildman–Crippen LogP) is 3.30. The van der Waals surface area contributed by atoms with Crippen LogP contribution in [0.25, 0.3) is 16.7 Å². The maximum Gasteiger partial charge on any atom is 0.172 e. The van der Waals surface area contributed by atoms with Crippen molar-refractivity contribution >= 4 is 46.4 Å². The number of piperazine rings is 1. The second-order valence-corrected chi connectivity index (χ2v) is 9.35. The largest absolute Gasteiger partial charge is 0.488 e. The van der Waals surface area contributed by atoms with Crippen molar-refractivity contribution < 1.29 is 4.74 Å². The smallest absolute Gasteiger partial charge is 0.172 e. The Kier molecular flexibility index (Phi) is 5.97. The number of pyridine rings is 2. The van der Waals surface area contributed by atoms with Crippen LogP contribution in [0.3, 0.4) is 0 Å². The fourth-order valence-electron chi connectivity index (χ4n) is 5.00. The number of halogens is 1. The lowest BCUT2D eigenvalue weighted by atomic mass is 10.0. The highest BCUT2D eigenvalue weighted by atomic mass is 35.5. The van der Waals surface area contributed by atoms with Gasteiger partial charge in [0.15, 0.2) is 23.0 Å². The predicted molar refractivity (Wildman–Crippen MR) is 144 cm³/mol. The second kappa shape index (κ2) is 9.45. The molecule has 11 heteroatoms. The average Bonchev–Trinajstić information content (AvgIpc) is 3.33. The van der Waals surface area contributed by atoms with E-state index < -0.39 is 0 Å². The van der Waals surface area contributed by atoms with Gasteiger partial charge >= 0.3 is 0 Å². The average molecular weight is 516 g/mol. The number of hydrogen-bond acceptors (Lipinski definition) is 9. The number of benzene rings is 1. The van der Waals surface area contributed by atoms with Crippen LogP contribution in [-0.4, -0.2) is 61.8 Å². The molecule has 0 aliphatic carbocycles. The number of nitrogens with one attached hydrogen (secondary N) is 2. The number of hydrogen-bond donors (Lipinski definition) is 2. The number of rotatable bonds is 4. The number of nitrogens with zero attached hydrogens (tertiary/aromatic N) is 7. The second-order valence-electron chi connectivity index (χ2n) is 9.35. The molecule has 1 aromatic carbocycles. The first-order chi connectivity index (χ1) is 17.7. The third-order valence-corrected chi connectivity index (χ3v) is 6.90. The molecule has 2 bridgehead atoms. The molecular formula is C26H26ClN9O. The van der Waals surface area contributed by atoms with E-state index >= 15 is 0 Å². The number of ether oxygens (including phenoxy) is 1. The Morgan fingerprint density at radius 3 is 2.97 bits per heavy atom. The summed E-state index contributed by atoms with van der Waals surface area (Å²) >= 11 is 0. The van der Waals surface area contributed by atoms with E-state index in [4.69, 9.17) is 9.72 Å². The van der Waals surface area contributed by atoms with Gasteiger partial charge in [0.1, 0.15) is 24.8 Å². The minimum atomic E-state index is 0. The summed E-state index contributed by atoms with van der Waals surface area (Å²) in [5, 5.41) is 11.1. The maximum absolute atomic E-state index is 6.07. The SMILES string of the molecule is Cc1cc(Nc2ncnc3cc4c(nc23)N2CCN[C@@H](CO4)C2)ccc1Cc1ccn2ncnc2c1.Cl. The standard InChI is InChI=1S/C26H25N9O.ClH/c1-16-8-19(3-2-18(16)9-17-4-6-35-23(10-17)29-15-31-35)32-25-24-21(28-14-30-25)11-22-26(33-24)34-7-5-27-20(12-34)13-36-22;/h2-4,6,8,10-11,14-15,20,27H,5,7,9,12-13H2,1H3,(H,28,30,32);1H/t20-;/m1./s1. The molecule has 2 aliphatic heterocycles. The first kappa shape index (κ1) is 23.4. The molecule has 2 N–H and O–H groups in total. The van der Waals surface area contributed by atoms with Crippen LogP contribution in [0.4, 0.5) is 17.3 Å². The topological polar surface area (TPSA) is 105 Å². The fourth-order valence-corrected chi connectivity index (χ4v) is 5.00. The van der Waals surface area contributed by atoms with E-state index in [9.17, 15) is 0 Å². The van der Waals surface area contributed by atoms with Gasteiger partial charge in [0.25, 0.3) is 0 Å². The molecular weight excluding hydrogens is 490 g/mol. The van der Waals surface area contributed by atoms with Crippen LogP contribution in [0, 0.1) is 6.92 Å². The van der Waals surface area contributed by atoms with Crippen molar-refractivity contribution in [3.63, 3.8) is 0 Å². The molecule has 0 radical (unpaired) electrons. The van der Waals surface area contributed by atoms with Crippen LogP contribution in [-0.2, 0) is 6.42 Å². The lowest BCUT2D eigenvalue weighted by Gasteiger charge is -2.31. The van der Waals surface area contributed by atoms with Crippen molar-refractivity contribution in [2.24, 2.45) is 0 Å². The van der Waals surface area contributed by atoms with Gasteiger partial charge in [-0.25, -0.2) is 24.5 Å². The Morgan fingerprint density at radius 1 is 1.11 bits per heavy atom. The lowest BCUT2D eigenvalue weighted by Crippen LogP contribution is -2.51. The van der Waals surface area contributed by atoms with Crippen molar-refractivity contribution in [2.45, 2.75) is 19.4 Å². The normalized spacial score (nSPS) is 16.6. The highest BCUT2D eigenvalue weighted by Gasteiger charge is 2.28. The third-order valence-electron chi connectivity index (χ3n) is 6.90. The van der Waals surface area contributed by atoms with Crippen molar-refractivity contribution in [1.29, 1.82) is 0 Å². The Bertz CT molecular complexity index is 1600. The molecule has 6 heterocycles. The molecule has 0 amide bonds. The Labute approximate surface area is 219 Å². The van der Waals surface area contributed by atoms with E-state index in [1.807, 2.05) is 12.3 Å². The molecule has 37 heavy (non-hydrogen) atoms. The van der Waals surface area contributed by atoms with Gasteiger partial charge < -0.3 is 20.3 Å². The third kappa shape index (κ3) is 4.38. The van der Waals surface area contributed by atoms with E-state index in [1.165, 1.54) is 16.7 Å². The summed E-state index contributed by atoms with van der Waals surface area (Å²) in [4.78, 5) is 20.5. The van der Waals surface area contributed by atoms with E-state index in [2.05, 4.69) is 72.8 Å². The van der Waals surface area contributed by atoms with E-state index in [0.29, 0.717) is 18.5 Å². The summed E-state index contributed by atoms with van der Waals surface area (Å²) < 4.78 is 7.84. The number of aryl methyl sites for hydroxylation is 1. The Hall–Kier alpha value is -4.02. The number of aromatic nitrogens is 6. The molecule has 1 saturated heterocycles. The van der Waals surface area contributed by atoms with Gasteiger partial charge in [0, 0.05) is 37.6 Å². The molecule has 4 aromatic heterocycles. The zero-order chi connectivity index (χ0) is 24.1. The van der Waals surface area contributed by atoms with Gasteiger partial charge in [-0.05, 0) is 54.3 Å². The minimum Gasteiger partial charge on any atom is -0.488 e. The van der Waals surface area contributed by atoms with Gasteiger partial charge in [0.2, 0.25) is 0 Å². The first-order valence-corrected chi connectivity index (χ1v) is 12.1. The Balaban J connectivity index is 0.00000252.